The first-order chi connectivity index (χ1) is 13.2. The number of esters is 2. The minimum atomic E-state index is -0.535. The third kappa shape index (κ3) is 3.78. The highest BCUT2D eigenvalue weighted by atomic mass is 16.7. The number of hydrogen-bond donors (Lipinski definition) is 0. The zero-order valence-electron chi connectivity index (χ0n) is 17.9. The van der Waals surface area contributed by atoms with Crippen LogP contribution in [0.4, 0.5) is 0 Å². The van der Waals surface area contributed by atoms with E-state index in [9.17, 15) is 9.59 Å². The maximum Gasteiger partial charge on any atom is 0.333 e. The van der Waals surface area contributed by atoms with Gasteiger partial charge >= 0.3 is 11.9 Å². The lowest BCUT2D eigenvalue weighted by Gasteiger charge is -2.58. The van der Waals surface area contributed by atoms with Crippen LogP contribution in [0.1, 0.15) is 66.2 Å². The van der Waals surface area contributed by atoms with E-state index in [1.165, 1.54) is 12.5 Å². The van der Waals surface area contributed by atoms with E-state index in [2.05, 4.69) is 26.8 Å². The topological polar surface area (TPSA) is 61.8 Å². The van der Waals surface area contributed by atoms with E-state index in [0.29, 0.717) is 18.4 Å². The van der Waals surface area contributed by atoms with Gasteiger partial charge in [-0.2, -0.15) is 0 Å². The van der Waals surface area contributed by atoms with Gasteiger partial charge in [0.15, 0.2) is 0 Å². The van der Waals surface area contributed by atoms with E-state index in [1.807, 2.05) is 0 Å². The quantitative estimate of drug-likeness (QED) is 0.491. The van der Waals surface area contributed by atoms with Crippen LogP contribution in [0.3, 0.4) is 0 Å². The summed E-state index contributed by atoms with van der Waals surface area (Å²) in [6, 6.07) is 0. The van der Waals surface area contributed by atoms with Crippen molar-refractivity contribution in [2.45, 2.75) is 72.5 Å². The van der Waals surface area contributed by atoms with Gasteiger partial charge in [0, 0.05) is 25.7 Å². The predicted molar refractivity (Wildman–Crippen MR) is 106 cm³/mol. The Morgan fingerprint density at radius 2 is 2.07 bits per heavy atom. The Kier molecular flexibility index (Phi) is 6.04. The molecule has 0 unspecified atom stereocenters. The van der Waals surface area contributed by atoms with Crippen LogP contribution in [0, 0.1) is 22.7 Å². The van der Waals surface area contributed by atoms with Gasteiger partial charge in [-0.15, -0.1) is 0 Å². The van der Waals surface area contributed by atoms with Crippen LogP contribution < -0.4 is 0 Å². The van der Waals surface area contributed by atoms with Crippen LogP contribution in [0.2, 0.25) is 0 Å². The summed E-state index contributed by atoms with van der Waals surface area (Å²) in [5, 5.41) is 0. The fraction of sp³-hybridized carbons (Fsp3) is 0.739. The first-order valence-corrected chi connectivity index (χ1v) is 10.5. The molecule has 156 valence electrons. The fourth-order valence-corrected chi connectivity index (χ4v) is 5.84. The van der Waals surface area contributed by atoms with Gasteiger partial charge < -0.3 is 14.2 Å². The Bertz CT molecular complexity index is 693. The molecule has 5 heteroatoms. The zero-order chi connectivity index (χ0) is 20.5. The summed E-state index contributed by atoms with van der Waals surface area (Å²) in [5.74, 6) is 0.594. The van der Waals surface area contributed by atoms with E-state index in [-0.39, 0.29) is 22.8 Å². The molecule has 5 nitrogen and oxygen atoms in total. The largest absolute Gasteiger partial charge is 0.461 e. The maximum absolute atomic E-state index is 11.6. The number of allylic oxidation sites excluding steroid dienone is 1. The molecule has 28 heavy (non-hydrogen) atoms. The molecule has 0 radical (unpaired) electrons. The average molecular weight is 391 g/mol. The number of carbonyl (C=O) groups is 2. The highest BCUT2D eigenvalue weighted by Crippen LogP contribution is 2.62. The number of carbonyl (C=O) groups excluding carboxylic acids is 2. The van der Waals surface area contributed by atoms with Crippen molar-refractivity contribution in [1.29, 1.82) is 0 Å². The molecule has 1 heterocycles. The van der Waals surface area contributed by atoms with Gasteiger partial charge in [-0.25, -0.2) is 4.79 Å². The smallest absolute Gasteiger partial charge is 0.333 e. The lowest BCUT2D eigenvalue weighted by atomic mass is 9.47. The minimum absolute atomic E-state index is 0.0615. The van der Waals surface area contributed by atoms with Gasteiger partial charge in [-0.05, 0) is 66.8 Å². The van der Waals surface area contributed by atoms with Crippen molar-refractivity contribution in [2.24, 2.45) is 22.7 Å². The SMILES string of the molecule is CO[C@@H]1OC(=O)C=C1CC[C@@]1(C)[C@H](C)CC[C@@]2(C)C(COC(C)=O)=CCC[C@H]12. The molecular weight excluding hydrogens is 356 g/mol. The Balaban J connectivity index is 1.80. The van der Waals surface area contributed by atoms with E-state index in [0.717, 1.165) is 44.1 Å². The summed E-state index contributed by atoms with van der Waals surface area (Å²) in [4.78, 5) is 23.0. The summed E-state index contributed by atoms with van der Waals surface area (Å²) in [5.41, 5.74) is 2.43. The molecule has 3 rings (SSSR count). The molecule has 0 saturated heterocycles. The average Bonchev–Trinajstić information content (AvgIpc) is 3.02. The second-order valence-corrected chi connectivity index (χ2v) is 9.23. The Labute approximate surface area is 168 Å². The van der Waals surface area contributed by atoms with Gasteiger partial charge in [0.25, 0.3) is 0 Å². The summed E-state index contributed by atoms with van der Waals surface area (Å²) in [6.45, 7) is 9.01. The molecule has 1 fully saturated rings. The molecule has 2 aliphatic carbocycles. The molecule has 0 aromatic heterocycles. The van der Waals surface area contributed by atoms with Crippen molar-refractivity contribution >= 4 is 11.9 Å². The van der Waals surface area contributed by atoms with Crippen LogP contribution in [0.25, 0.3) is 0 Å². The lowest BCUT2D eigenvalue weighted by Crippen LogP contribution is -2.50. The van der Waals surface area contributed by atoms with Gasteiger partial charge in [0.2, 0.25) is 6.29 Å². The third-order valence-corrected chi connectivity index (χ3v) is 7.79. The molecule has 0 bridgehead atoms. The highest BCUT2D eigenvalue weighted by molar-refractivity contribution is 5.85. The first-order valence-electron chi connectivity index (χ1n) is 10.5. The van der Waals surface area contributed by atoms with E-state index >= 15 is 0 Å². The van der Waals surface area contributed by atoms with Crippen molar-refractivity contribution in [3.63, 3.8) is 0 Å². The molecular formula is C23H34O5. The van der Waals surface area contributed by atoms with E-state index < -0.39 is 6.29 Å². The number of ether oxygens (including phenoxy) is 3. The Morgan fingerprint density at radius 1 is 1.32 bits per heavy atom. The molecule has 0 aromatic rings. The number of fused-ring (bicyclic) bond motifs is 1. The zero-order valence-corrected chi connectivity index (χ0v) is 17.9. The molecule has 3 aliphatic rings. The summed E-state index contributed by atoms with van der Waals surface area (Å²) >= 11 is 0. The molecule has 1 saturated carbocycles. The van der Waals surface area contributed by atoms with Crippen molar-refractivity contribution in [3.05, 3.63) is 23.3 Å². The van der Waals surface area contributed by atoms with Crippen LogP contribution in [0.5, 0.6) is 0 Å². The number of hydrogen-bond acceptors (Lipinski definition) is 5. The molecule has 0 N–H and O–H groups in total. The first kappa shape index (κ1) is 21.1. The van der Waals surface area contributed by atoms with Crippen molar-refractivity contribution in [1.82, 2.24) is 0 Å². The molecule has 0 amide bonds. The molecule has 0 aromatic carbocycles. The normalized spacial score (nSPS) is 37.6. The number of rotatable bonds is 6. The Hall–Kier alpha value is -1.62. The van der Waals surface area contributed by atoms with Gasteiger partial charge in [0.1, 0.15) is 6.61 Å². The minimum Gasteiger partial charge on any atom is -0.461 e. The van der Waals surface area contributed by atoms with E-state index in [1.54, 1.807) is 13.2 Å². The second-order valence-electron chi connectivity index (χ2n) is 9.23. The summed E-state index contributed by atoms with van der Waals surface area (Å²) in [6.07, 6.45) is 9.63. The van der Waals surface area contributed by atoms with Crippen molar-refractivity contribution in [3.8, 4) is 0 Å². The van der Waals surface area contributed by atoms with Crippen molar-refractivity contribution in [2.75, 3.05) is 13.7 Å². The monoisotopic (exact) mass is 390 g/mol. The van der Waals surface area contributed by atoms with Crippen LogP contribution in [-0.4, -0.2) is 31.9 Å². The third-order valence-electron chi connectivity index (χ3n) is 7.79. The molecule has 0 spiro atoms. The van der Waals surface area contributed by atoms with Crippen LogP contribution >= 0.6 is 0 Å². The summed E-state index contributed by atoms with van der Waals surface area (Å²) in [7, 11) is 1.58. The van der Waals surface area contributed by atoms with Gasteiger partial charge in [-0.1, -0.05) is 26.8 Å². The summed E-state index contributed by atoms with van der Waals surface area (Å²) < 4.78 is 15.9. The highest BCUT2D eigenvalue weighted by Gasteiger charge is 2.54. The number of methoxy groups -OCH3 is 1. The van der Waals surface area contributed by atoms with E-state index in [4.69, 9.17) is 14.2 Å². The second kappa shape index (κ2) is 8.02. The maximum atomic E-state index is 11.6. The molecule has 1 aliphatic heterocycles. The van der Waals surface area contributed by atoms with Crippen LogP contribution in [-0.2, 0) is 23.8 Å². The number of cyclic esters (lactones) is 1. The van der Waals surface area contributed by atoms with Crippen molar-refractivity contribution < 1.29 is 23.8 Å². The van der Waals surface area contributed by atoms with Crippen LogP contribution in [0.15, 0.2) is 23.3 Å². The lowest BCUT2D eigenvalue weighted by molar-refractivity contribution is -0.155. The van der Waals surface area contributed by atoms with Gasteiger partial charge in [0.05, 0.1) is 0 Å². The Morgan fingerprint density at radius 3 is 2.75 bits per heavy atom. The van der Waals surface area contributed by atoms with Gasteiger partial charge in [-0.3, -0.25) is 4.79 Å². The standard InChI is InChI=1S/C23H34O5/c1-15-9-11-23(4)18(14-27-16(2)24)7-6-8-19(23)22(15,3)12-10-17-13-20(25)28-21(17)26-5/h7,13,15,19,21H,6,8-12,14H2,1-5H3/t15-,19-,21-,22+,23+/m1/s1. The predicted octanol–water partition coefficient (Wildman–Crippen LogP) is 4.56. The molecule has 5 atom stereocenters. The fourth-order valence-electron chi connectivity index (χ4n) is 5.84.